The van der Waals surface area contributed by atoms with Crippen molar-refractivity contribution in [2.75, 3.05) is 19.6 Å². The number of carbonyl (C=O) groups is 2. The number of aromatic nitrogens is 3. The zero-order chi connectivity index (χ0) is 25.6. The number of hydrogen-bond acceptors (Lipinski definition) is 7. The first-order valence-corrected chi connectivity index (χ1v) is 12.5. The van der Waals surface area contributed by atoms with Crippen LogP contribution in [-0.4, -0.2) is 62.2 Å². The van der Waals surface area contributed by atoms with E-state index in [0.717, 1.165) is 24.0 Å². The van der Waals surface area contributed by atoms with E-state index in [0.29, 0.717) is 41.1 Å². The number of hydrogen-bond donors (Lipinski definition) is 2. The number of ether oxygens (including phenoxy) is 1. The van der Waals surface area contributed by atoms with Gasteiger partial charge in [-0.1, -0.05) is 60.7 Å². The minimum Gasteiger partial charge on any atom is -1.00 e. The molecule has 3 aliphatic heterocycles. The summed E-state index contributed by atoms with van der Waals surface area (Å²) >= 11 is 0. The number of fused-ring (bicyclic) bond motifs is 5. The lowest BCUT2D eigenvalue weighted by Gasteiger charge is -2.54. The second-order valence-corrected chi connectivity index (χ2v) is 10.1. The average Bonchev–Trinajstić information content (AvgIpc) is 3.05. The van der Waals surface area contributed by atoms with Gasteiger partial charge in [0.25, 0.3) is 5.91 Å². The maximum absolute atomic E-state index is 14.0. The van der Waals surface area contributed by atoms with Crippen LogP contribution in [0.3, 0.4) is 0 Å². The Morgan fingerprint density at radius 2 is 1.53 bits per heavy atom. The van der Waals surface area contributed by atoms with Crippen LogP contribution in [0.2, 0.25) is 0 Å². The summed E-state index contributed by atoms with van der Waals surface area (Å²) < 4.78 is 6.51. The maximum atomic E-state index is 14.0. The Labute approximate surface area is 230 Å². The number of amides is 1. The molecule has 3 fully saturated rings. The Morgan fingerprint density at radius 3 is 2.08 bits per heavy atom. The molecule has 196 valence electrons. The van der Waals surface area contributed by atoms with Crippen molar-refractivity contribution in [1.29, 1.82) is 0 Å². The molecule has 1 unspecified atom stereocenters. The fourth-order valence-electron chi connectivity index (χ4n) is 6.40. The van der Waals surface area contributed by atoms with Gasteiger partial charge in [0.15, 0.2) is 11.9 Å². The minimum absolute atomic E-state index is 0. The number of aliphatic hydroxyl groups is 1. The molecule has 1 aromatic heterocycles. The monoisotopic (exact) mass is 577 g/mol. The van der Waals surface area contributed by atoms with Gasteiger partial charge in [-0.2, -0.15) is 0 Å². The van der Waals surface area contributed by atoms with Crippen LogP contribution in [0.15, 0.2) is 61.2 Å². The molecular weight excluding hydrogens is 550 g/mol. The zero-order valence-electron chi connectivity index (χ0n) is 20.6. The number of nitrogens with two attached hydrogens (primary N) is 1. The smallest absolute Gasteiger partial charge is 0.348 e. The van der Waals surface area contributed by atoms with Gasteiger partial charge in [-0.3, -0.25) is 4.79 Å². The Kier molecular flexibility index (Phi) is 6.89. The molecule has 0 radical (unpaired) electrons. The average molecular weight is 578 g/mol. The summed E-state index contributed by atoms with van der Waals surface area (Å²) in [6.07, 6.45) is 7.56. The van der Waals surface area contributed by atoms with Crippen molar-refractivity contribution in [2.24, 2.45) is 11.7 Å². The van der Waals surface area contributed by atoms with Gasteiger partial charge >= 0.3 is 5.97 Å². The number of quaternary nitrogens is 1. The third-order valence-electron chi connectivity index (χ3n) is 8.23. The highest BCUT2D eigenvalue weighted by Crippen LogP contribution is 2.44. The molecule has 1 amide bonds. The Hall–Kier alpha value is -3.47. The number of esters is 1. The lowest BCUT2D eigenvalue weighted by molar-refractivity contribution is -0.965. The first-order valence-electron chi connectivity index (χ1n) is 12.5. The summed E-state index contributed by atoms with van der Waals surface area (Å²) in [6, 6.07) is 13.9. The summed E-state index contributed by atoms with van der Waals surface area (Å²) in [5.41, 5.74) is 6.35. The van der Waals surface area contributed by atoms with Crippen LogP contribution in [-0.2, 0) is 19.9 Å². The summed E-state index contributed by atoms with van der Waals surface area (Å²) in [5, 5.41) is 12.1. The third-order valence-corrected chi connectivity index (χ3v) is 8.23. The molecule has 4 heterocycles. The van der Waals surface area contributed by atoms with E-state index in [2.05, 4.69) is 15.0 Å². The van der Waals surface area contributed by atoms with Crippen molar-refractivity contribution in [2.45, 2.75) is 30.6 Å². The summed E-state index contributed by atoms with van der Waals surface area (Å²) in [7, 11) is 0. The van der Waals surface area contributed by atoms with Crippen molar-refractivity contribution in [1.82, 2.24) is 15.0 Å². The van der Waals surface area contributed by atoms with Crippen LogP contribution in [0.1, 0.15) is 47.0 Å². The normalized spacial score (nSPS) is 25.2. The van der Waals surface area contributed by atoms with Crippen LogP contribution in [0, 0.1) is 5.92 Å². The van der Waals surface area contributed by atoms with Gasteiger partial charge in [-0.05, 0) is 11.1 Å². The lowest BCUT2D eigenvalue weighted by atomic mass is 9.80. The van der Waals surface area contributed by atoms with E-state index < -0.39 is 29.6 Å². The molecule has 9 nitrogen and oxygen atoms in total. The van der Waals surface area contributed by atoms with Crippen molar-refractivity contribution in [3.8, 4) is 0 Å². The predicted octanol–water partition coefficient (Wildman–Crippen LogP) is -1.03. The van der Waals surface area contributed by atoms with E-state index in [1.165, 1.54) is 12.7 Å². The van der Waals surface area contributed by atoms with Crippen LogP contribution < -0.4 is 22.7 Å². The SMILES string of the molecule is NC(=O)C(c1ncncn1)[N+]12CCC(CC1)[C@@H](OC(=O)C1(O)c3ccccc3C=Cc3ccccc31)C2.[Br-]. The molecule has 2 aromatic carbocycles. The maximum Gasteiger partial charge on any atom is 0.348 e. The van der Waals surface area contributed by atoms with Crippen LogP contribution in [0.25, 0.3) is 12.2 Å². The molecule has 0 saturated carbocycles. The molecule has 2 atom stereocenters. The van der Waals surface area contributed by atoms with Crippen molar-refractivity contribution in [3.63, 3.8) is 0 Å². The van der Waals surface area contributed by atoms with E-state index in [1.807, 2.05) is 36.4 Å². The number of benzene rings is 2. The molecule has 10 heteroatoms. The van der Waals surface area contributed by atoms with Crippen molar-refractivity contribution < 1.29 is 40.9 Å². The number of nitrogens with zero attached hydrogens (tertiary/aromatic N) is 4. The highest BCUT2D eigenvalue weighted by molar-refractivity contribution is 5.91. The highest BCUT2D eigenvalue weighted by Gasteiger charge is 2.56. The van der Waals surface area contributed by atoms with E-state index in [9.17, 15) is 14.7 Å². The highest BCUT2D eigenvalue weighted by atomic mass is 79.9. The molecule has 2 bridgehead atoms. The quantitative estimate of drug-likeness (QED) is 0.293. The van der Waals surface area contributed by atoms with Gasteiger partial charge in [0.2, 0.25) is 11.6 Å². The van der Waals surface area contributed by atoms with E-state index in [4.69, 9.17) is 10.5 Å². The summed E-state index contributed by atoms with van der Waals surface area (Å²) in [4.78, 5) is 39.0. The van der Waals surface area contributed by atoms with Crippen LogP contribution in [0.5, 0.6) is 0 Å². The van der Waals surface area contributed by atoms with E-state index in [-0.39, 0.29) is 22.9 Å². The van der Waals surface area contributed by atoms with Crippen LogP contribution in [0.4, 0.5) is 0 Å². The van der Waals surface area contributed by atoms with Gasteiger partial charge in [0.05, 0.1) is 13.1 Å². The number of piperidine rings is 3. The van der Waals surface area contributed by atoms with Crippen molar-refractivity contribution in [3.05, 3.63) is 89.3 Å². The van der Waals surface area contributed by atoms with Gasteiger partial charge < -0.3 is 37.0 Å². The number of halogens is 1. The minimum atomic E-state index is -1.98. The number of primary amides is 1. The molecule has 1 aliphatic carbocycles. The molecular formula is C28H28BrN5O4. The third kappa shape index (κ3) is 4.13. The molecule has 3 N–H and O–H groups in total. The molecule has 3 aromatic rings. The topological polar surface area (TPSA) is 128 Å². The van der Waals surface area contributed by atoms with Gasteiger partial charge in [0.1, 0.15) is 19.2 Å². The fraction of sp³-hybridized carbons (Fsp3) is 0.321. The second kappa shape index (κ2) is 10.0. The molecule has 4 aliphatic rings. The molecule has 3 saturated heterocycles. The number of carbonyl (C=O) groups excluding carboxylic acids is 2. The zero-order valence-corrected chi connectivity index (χ0v) is 22.2. The van der Waals surface area contributed by atoms with E-state index >= 15 is 0 Å². The predicted molar refractivity (Wildman–Crippen MR) is 134 cm³/mol. The summed E-state index contributed by atoms with van der Waals surface area (Å²) in [5.74, 6) is -0.783. The summed E-state index contributed by atoms with van der Waals surface area (Å²) in [6.45, 7) is 1.81. The Balaban J connectivity index is 0.00000294. The van der Waals surface area contributed by atoms with Crippen LogP contribution >= 0.6 is 0 Å². The first-order chi connectivity index (χ1) is 17.9. The van der Waals surface area contributed by atoms with E-state index in [1.54, 1.807) is 24.3 Å². The molecule has 38 heavy (non-hydrogen) atoms. The Morgan fingerprint density at radius 1 is 0.974 bits per heavy atom. The fourth-order valence-corrected chi connectivity index (χ4v) is 6.40. The van der Waals surface area contributed by atoms with Crippen molar-refractivity contribution >= 4 is 24.0 Å². The number of rotatable bonds is 5. The lowest BCUT2D eigenvalue weighted by Crippen LogP contribution is -3.00. The van der Waals surface area contributed by atoms with Gasteiger partial charge in [-0.25, -0.2) is 19.7 Å². The molecule has 7 rings (SSSR count). The first kappa shape index (κ1) is 26.1. The van der Waals surface area contributed by atoms with Gasteiger partial charge in [0, 0.05) is 29.9 Å². The largest absolute Gasteiger partial charge is 1.00 e. The molecule has 0 spiro atoms. The Bertz CT molecular complexity index is 1340. The van der Waals surface area contributed by atoms with Gasteiger partial charge in [-0.15, -0.1) is 0 Å². The standard InChI is InChI=1S/C28H27N5O4.BrH/c29-25(34)24(26-31-16-30-17-32-26)33-13-11-20(12-14-33)23(15-33)37-27(35)28(36)21-7-3-1-5-18(21)9-10-19-6-2-4-8-22(19)28;/h1-10,16-17,20,23-24,36H,11-15H2,(H-,29,34);1H/t20?,23-,24?,33?;/m0./s1. The second-order valence-electron chi connectivity index (χ2n) is 10.1.